The quantitative estimate of drug-likeness (QED) is 0.617. The highest BCUT2D eigenvalue weighted by Gasteiger charge is 2.41. The first-order valence-corrected chi connectivity index (χ1v) is 9.16. The first-order valence-electron chi connectivity index (χ1n) is 9.16. The summed E-state index contributed by atoms with van der Waals surface area (Å²) in [5.74, 6) is 2.14. The minimum absolute atomic E-state index is 0.641. The molecular formula is C24H22N2O2. The van der Waals surface area contributed by atoms with Gasteiger partial charge in [-0.25, -0.2) is 0 Å². The Morgan fingerprint density at radius 1 is 0.714 bits per heavy atom. The van der Waals surface area contributed by atoms with Crippen LogP contribution in [-0.4, -0.2) is 0 Å². The van der Waals surface area contributed by atoms with Crippen LogP contribution in [0, 0.1) is 0 Å². The zero-order valence-electron chi connectivity index (χ0n) is 15.4. The maximum absolute atomic E-state index is 6.57. The molecule has 1 unspecified atom stereocenters. The van der Waals surface area contributed by atoms with Crippen molar-refractivity contribution in [1.29, 1.82) is 0 Å². The van der Waals surface area contributed by atoms with Gasteiger partial charge in [0.25, 0.3) is 0 Å². The van der Waals surface area contributed by atoms with E-state index in [1.165, 1.54) is 0 Å². The number of hydrogen-bond acceptors (Lipinski definition) is 4. The lowest BCUT2D eigenvalue weighted by molar-refractivity contribution is 0.0656. The fourth-order valence-corrected chi connectivity index (χ4v) is 3.26. The van der Waals surface area contributed by atoms with Crippen molar-refractivity contribution in [3.8, 4) is 11.5 Å². The molecule has 1 aliphatic rings. The van der Waals surface area contributed by atoms with Gasteiger partial charge in [-0.3, -0.25) is 0 Å². The summed E-state index contributed by atoms with van der Waals surface area (Å²) in [6, 6.07) is 24.9. The van der Waals surface area contributed by atoms with Gasteiger partial charge < -0.3 is 20.9 Å². The molecule has 0 radical (unpaired) electrons. The number of anilines is 2. The van der Waals surface area contributed by atoms with E-state index in [2.05, 4.69) is 18.2 Å². The second kappa shape index (κ2) is 7.53. The predicted octanol–water partition coefficient (Wildman–Crippen LogP) is 5.05. The first kappa shape index (κ1) is 17.7. The second-order valence-electron chi connectivity index (χ2n) is 6.70. The summed E-state index contributed by atoms with van der Waals surface area (Å²) in [7, 11) is 0. The van der Waals surface area contributed by atoms with Crippen molar-refractivity contribution in [3.05, 3.63) is 108 Å². The fourth-order valence-electron chi connectivity index (χ4n) is 3.26. The lowest BCUT2D eigenvalue weighted by Gasteiger charge is -2.37. The molecule has 0 aliphatic heterocycles. The van der Waals surface area contributed by atoms with Gasteiger partial charge in [0.1, 0.15) is 11.5 Å². The lowest BCUT2D eigenvalue weighted by Crippen LogP contribution is -2.38. The van der Waals surface area contributed by atoms with E-state index in [4.69, 9.17) is 20.9 Å². The van der Waals surface area contributed by atoms with Crippen LogP contribution in [0.2, 0.25) is 0 Å². The number of nitrogen functional groups attached to an aromatic ring is 2. The van der Waals surface area contributed by atoms with Crippen LogP contribution in [0.3, 0.4) is 0 Å². The van der Waals surface area contributed by atoms with Crippen molar-refractivity contribution in [2.24, 2.45) is 0 Å². The Hall–Kier alpha value is -3.66. The van der Waals surface area contributed by atoms with Crippen molar-refractivity contribution in [3.63, 3.8) is 0 Å². The molecule has 0 saturated heterocycles. The minimum Gasteiger partial charge on any atom is -0.474 e. The molecule has 1 atom stereocenters. The largest absolute Gasteiger partial charge is 0.474 e. The van der Waals surface area contributed by atoms with Crippen molar-refractivity contribution >= 4 is 11.4 Å². The average Bonchev–Trinajstić information content (AvgIpc) is 2.73. The molecule has 0 bridgehead atoms. The summed E-state index contributed by atoms with van der Waals surface area (Å²) in [4.78, 5) is 0. The SMILES string of the molecule is Nc1ccc(OC2=CC=CCC2(Oc2ccc(N)cc2)c2ccccc2)cc1. The number of hydrogen-bond donors (Lipinski definition) is 2. The lowest BCUT2D eigenvalue weighted by atomic mass is 9.85. The van der Waals surface area contributed by atoms with Crippen LogP contribution < -0.4 is 20.9 Å². The Morgan fingerprint density at radius 2 is 1.32 bits per heavy atom. The van der Waals surface area contributed by atoms with Crippen LogP contribution in [0.15, 0.2) is 103 Å². The maximum Gasteiger partial charge on any atom is 0.194 e. The van der Waals surface area contributed by atoms with Gasteiger partial charge in [-0.2, -0.15) is 0 Å². The average molecular weight is 370 g/mol. The molecule has 4 nitrogen and oxygen atoms in total. The minimum atomic E-state index is -0.784. The van der Waals surface area contributed by atoms with Crippen LogP contribution in [0.25, 0.3) is 0 Å². The molecule has 28 heavy (non-hydrogen) atoms. The van der Waals surface area contributed by atoms with E-state index in [-0.39, 0.29) is 0 Å². The standard InChI is InChI=1S/C24H22N2O2/c25-19-9-13-21(14-10-19)27-23-8-4-5-17-24(23,18-6-2-1-3-7-18)28-22-15-11-20(26)12-16-22/h1-16H,17,25-26H2. The number of allylic oxidation sites excluding steroid dienone is 2. The predicted molar refractivity (Wildman–Crippen MR) is 113 cm³/mol. The smallest absolute Gasteiger partial charge is 0.194 e. The molecule has 4 heteroatoms. The van der Waals surface area contributed by atoms with E-state index >= 15 is 0 Å². The van der Waals surface area contributed by atoms with Crippen LogP contribution >= 0.6 is 0 Å². The molecule has 1 aliphatic carbocycles. The Bertz CT molecular complexity index is 993. The highest BCUT2D eigenvalue weighted by Crippen LogP contribution is 2.41. The Kier molecular flexibility index (Phi) is 4.77. The van der Waals surface area contributed by atoms with Gasteiger partial charge in [-0.05, 0) is 54.6 Å². The molecule has 4 rings (SSSR count). The third kappa shape index (κ3) is 3.58. The molecule has 3 aromatic rings. The number of ether oxygens (including phenoxy) is 2. The molecular weight excluding hydrogens is 348 g/mol. The number of benzene rings is 3. The Labute approximate surface area is 164 Å². The molecule has 3 aromatic carbocycles. The molecule has 0 fully saturated rings. The highest BCUT2D eigenvalue weighted by molar-refractivity contribution is 5.46. The van der Waals surface area contributed by atoms with E-state index in [1.807, 2.05) is 78.9 Å². The highest BCUT2D eigenvalue weighted by atomic mass is 16.5. The van der Waals surface area contributed by atoms with Crippen molar-refractivity contribution < 1.29 is 9.47 Å². The Morgan fingerprint density at radius 3 is 1.96 bits per heavy atom. The van der Waals surface area contributed by atoms with Crippen molar-refractivity contribution in [2.75, 3.05) is 11.5 Å². The van der Waals surface area contributed by atoms with Gasteiger partial charge in [-0.1, -0.05) is 42.5 Å². The summed E-state index contributed by atoms with van der Waals surface area (Å²) in [5, 5.41) is 0. The molecule has 4 N–H and O–H groups in total. The summed E-state index contributed by atoms with van der Waals surface area (Å²) in [5.41, 5.74) is 13.2. The monoisotopic (exact) mass is 370 g/mol. The van der Waals surface area contributed by atoms with Crippen LogP contribution in [0.5, 0.6) is 11.5 Å². The molecule has 0 amide bonds. The first-order chi connectivity index (χ1) is 13.7. The van der Waals surface area contributed by atoms with E-state index in [9.17, 15) is 0 Å². The van der Waals surface area contributed by atoms with E-state index < -0.39 is 5.60 Å². The number of nitrogens with two attached hydrogens (primary N) is 2. The molecule has 0 heterocycles. The molecule has 0 spiro atoms. The summed E-state index contributed by atoms with van der Waals surface area (Å²) < 4.78 is 12.8. The van der Waals surface area contributed by atoms with Crippen LogP contribution in [0.4, 0.5) is 11.4 Å². The maximum atomic E-state index is 6.57. The third-order valence-corrected chi connectivity index (χ3v) is 4.71. The summed E-state index contributed by atoms with van der Waals surface area (Å²) in [6.45, 7) is 0. The van der Waals surface area contributed by atoms with Gasteiger partial charge in [0.05, 0.1) is 0 Å². The second-order valence-corrected chi connectivity index (χ2v) is 6.70. The van der Waals surface area contributed by atoms with Gasteiger partial charge in [0.2, 0.25) is 0 Å². The zero-order valence-corrected chi connectivity index (χ0v) is 15.4. The molecule has 140 valence electrons. The third-order valence-electron chi connectivity index (χ3n) is 4.71. The van der Waals surface area contributed by atoms with Gasteiger partial charge in [0.15, 0.2) is 11.4 Å². The normalized spacial score (nSPS) is 18.4. The van der Waals surface area contributed by atoms with E-state index in [0.29, 0.717) is 29.3 Å². The topological polar surface area (TPSA) is 70.5 Å². The number of rotatable bonds is 5. The van der Waals surface area contributed by atoms with Gasteiger partial charge >= 0.3 is 0 Å². The van der Waals surface area contributed by atoms with Gasteiger partial charge in [0, 0.05) is 23.4 Å². The molecule has 0 aromatic heterocycles. The van der Waals surface area contributed by atoms with E-state index in [1.54, 1.807) is 0 Å². The van der Waals surface area contributed by atoms with Crippen molar-refractivity contribution in [2.45, 2.75) is 12.0 Å². The Balaban J connectivity index is 1.76. The summed E-state index contributed by atoms with van der Waals surface area (Å²) >= 11 is 0. The van der Waals surface area contributed by atoms with Crippen LogP contribution in [-0.2, 0) is 5.60 Å². The van der Waals surface area contributed by atoms with Gasteiger partial charge in [-0.15, -0.1) is 0 Å². The summed E-state index contributed by atoms with van der Waals surface area (Å²) in [6.07, 6.45) is 6.66. The fraction of sp³-hybridized carbons (Fsp3) is 0.0833. The van der Waals surface area contributed by atoms with Crippen molar-refractivity contribution in [1.82, 2.24) is 0 Å². The van der Waals surface area contributed by atoms with Crippen LogP contribution in [0.1, 0.15) is 12.0 Å². The van der Waals surface area contributed by atoms with E-state index in [0.717, 1.165) is 11.3 Å². The molecule has 0 saturated carbocycles. The zero-order chi connectivity index (χ0) is 19.4.